The minimum absolute atomic E-state index is 0.0175. The normalized spacial score (nSPS) is 20.4. The predicted octanol–water partition coefficient (Wildman–Crippen LogP) is 4.86. The van der Waals surface area contributed by atoms with E-state index in [2.05, 4.69) is 59.6 Å². The van der Waals surface area contributed by atoms with E-state index in [1.807, 2.05) is 29.2 Å². The molecule has 1 amide bonds. The number of para-hydroxylation sites is 1. The lowest BCUT2D eigenvalue weighted by atomic mass is 9.83. The molecule has 1 aromatic heterocycles. The summed E-state index contributed by atoms with van der Waals surface area (Å²) in [5.74, 6) is 0.313. The summed E-state index contributed by atoms with van der Waals surface area (Å²) in [5.41, 5.74) is 6.84. The molecular weight excluding hydrogens is 332 g/mol. The standard InChI is InChI=1S/C24H18N2O/c27-24-17-11-5-4-10-16(17)23-22-21(18-12-6-7-13-20(18)25-22)19(14-26(23)24)15-8-2-1-3-9-15/h1-13,19,23,25H,14H2/t19-,23+/m0/s1. The quantitative estimate of drug-likeness (QED) is 0.523. The molecule has 0 aliphatic carbocycles. The van der Waals surface area contributed by atoms with E-state index < -0.39 is 0 Å². The molecule has 2 aliphatic heterocycles. The molecule has 2 aliphatic rings. The third-order valence-electron chi connectivity index (χ3n) is 6.04. The Kier molecular flexibility index (Phi) is 2.92. The van der Waals surface area contributed by atoms with Gasteiger partial charge in [-0.25, -0.2) is 0 Å². The second-order valence-electron chi connectivity index (χ2n) is 7.41. The Morgan fingerprint density at radius 3 is 2.48 bits per heavy atom. The number of carbonyl (C=O) groups excluding carboxylic acids is 1. The zero-order chi connectivity index (χ0) is 18.0. The number of amides is 1. The molecule has 130 valence electrons. The van der Waals surface area contributed by atoms with Crippen molar-refractivity contribution >= 4 is 16.8 Å². The first-order valence-electron chi connectivity index (χ1n) is 9.38. The van der Waals surface area contributed by atoms with Crippen LogP contribution >= 0.6 is 0 Å². The highest BCUT2D eigenvalue weighted by atomic mass is 16.2. The van der Waals surface area contributed by atoms with Crippen LogP contribution in [0.3, 0.4) is 0 Å². The number of benzene rings is 3. The smallest absolute Gasteiger partial charge is 0.255 e. The highest BCUT2D eigenvalue weighted by Gasteiger charge is 2.45. The fourth-order valence-electron chi connectivity index (χ4n) is 4.89. The first kappa shape index (κ1) is 14.8. The molecule has 0 saturated carbocycles. The summed E-state index contributed by atoms with van der Waals surface area (Å²) >= 11 is 0. The number of carbonyl (C=O) groups is 1. The molecule has 0 spiro atoms. The van der Waals surface area contributed by atoms with Crippen molar-refractivity contribution in [1.29, 1.82) is 0 Å². The molecule has 0 fully saturated rings. The first-order valence-corrected chi connectivity index (χ1v) is 9.38. The van der Waals surface area contributed by atoms with Gasteiger partial charge in [-0.2, -0.15) is 0 Å². The van der Waals surface area contributed by atoms with Crippen LogP contribution in [-0.2, 0) is 0 Å². The Bertz CT molecular complexity index is 1190. The molecule has 0 radical (unpaired) electrons. The van der Waals surface area contributed by atoms with Crippen LogP contribution in [0.25, 0.3) is 10.9 Å². The number of nitrogens with zero attached hydrogens (tertiary/aromatic N) is 1. The molecule has 4 aromatic rings. The lowest BCUT2D eigenvalue weighted by molar-refractivity contribution is 0.0727. The molecule has 0 saturated heterocycles. The molecule has 0 unspecified atom stereocenters. The summed E-state index contributed by atoms with van der Waals surface area (Å²) in [5, 5.41) is 1.26. The number of rotatable bonds is 1. The molecule has 3 aromatic carbocycles. The van der Waals surface area contributed by atoms with Crippen molar-refractivity contribution in [1.82, 2.24) is 9.88 Å². The maximum absolute atomic E-state index is 13.1. The molecule has 0 bridgehead atoms. The average molecular weight is 350 g/mol. The van der Waals surface area contributed by atoms with Gasteiger partial charge in [0, 0.05) is 34.6 Å². The fraction of sp³-hybridized carbons (Fsp3) is 0.125. The minimum Gasteiger partial charge on any atom is -0.356 e. The molecular formula is C24H18N2O. The Balaban J connectivity index is 1.66. The van der Waals surface area contributed by atoms with Crippen molar-refractivity contribution in [2.45, 2.75) is 12.0 Å². The number of hydrogen-bond acceptors (Lipinski definition) is 1. The van der Waals surface area contributed by atoms with Crippen LogP contribution in [0.1, 0.15) is 44.7 Å². The molecule has 1 N–H and O–H groups in total. The summed E-state index contributed by atoms with van der Waals surface area (Å²) in [6.45, 7) is 0.705. The maximum atomic E-state index is 13.1. The highest BCUT2D eigenvalue weighted by molar-refractivity contribution is 6.01. The minimum atomic E-state index is -0.0175. The van der Waals surface area contributed by atoms with Crippen LogP contribution in [0.15, 0.2) is 78.9 Å². The monoisotopic (exact) mass is 350 g/mol. The van der Waals surface area contributed by atoms with Gasteiger partial charge in [0.15, 0.2) is 0 Å². The van der Waals surface area contributed by atoms with E-state index >= 15 is 0 Å². The highest BCUT2D eigenvalue weighted by Crippen LogP contribution is 2.49. The second-order valence-corrected chi connectivity index (χ2v) is 7.41. The van der Waals surface area contributed by atoms with Crippen LogP contribution in [0.2, 0.25) is 0 Å². The van der Waals surface area contributed by atoms with E-state index in [1.54, 1.807) is 0 Å². The topological polar surface area (TPSA) is 36.1 Å². The Labute approximate surface area is 157 Å². The van der Waals surface area contributed by atoms with Crippen LogP contribution < -0.4 is 0 Å². The van der Waals surface area contributed by atoms with Crippen molar-refractivity contribution in [2.75, 3.05) is 6.54 Å². The van der Waals surface area contributed by atoms with Gasteiger partial charge in [0.2, 0.25) is 0 Å². The van der Waals surface area contributed by atoms with Gasteiger partial charge < -0.3 is 9.88 Å². The number of H-pyrrole nitrogens is 1. The van der Waals surface area contributed by atoms with Crippen LogP contribution in [-0.4, -0.2) is 22.3 Å². The summed E-state index contributed by atoms with van der Waals surface area (Å²) in [4.78, 5) is 18.8. The van der Waals surface area contributed by atoms with Gasteiger partial charge in [0.25, 0.3) is 5.91 Å². The second kappa shape index (κ2) is 5.34. The van der Waals surface area contributed by atoms with Crippen molar-refractivity contribution in [3.63, 3.8) is 0 Å². The summed E-state index contributed by atoms with van der Waals surface area (Å²) in [6, 6.07) is 27.0. The van der Waals surface area contributed by atoms with Crippen molar-refractivity contribution < 1.29 is 4.79 Å². The molecule has 27 heavy (non-hydrogen) atoms. The number of fused-ring (bicyclic) bond motifs is 7. The number of aromatic nitrogens is 1. The summed E-state index contributed by atoms with van der Waals surface area (Å²) < 4.78 is 0. The predicted molar refractivity (Wildman–Crippen MR) is 106 cm³/mol. The van der Waals surface area contributed by atoms with Gasteiger partial charge in [-0.05, 0) is 28.8 Å². The first-order chi connectivity index (χ1) is 13.3. The zero-order valence-corrected chi connectivity index (χ0v) is 14.7. The van der Waals surface area contributed by atoms with Crippen LogP contribution in [0.4, 0.5) is 0 Å². The Morgan fingerprint density at radius 1 is 0.852 bits per heavy atom. The van der Waals surface area contributed by atoms with Gasteiger partial charge in [-0.3, -0.25) is 4.79 Å². The van der Waals surface area contributed by atoms with E-state index in [1.165, 1.54) is 16.5 Å². The Morgan fingerprint density at radius 2 is 1.59 bits per heavy atom. The van der Waals surface area contributed by atoms with Gasteiger partial charge in [0.05, 0.1) is 6.04 Å². The lowest BCUT2D eigenvalue weighted by Gasteiger charge is -2.36. The van der Waals surface area contributed by atoms with E-state index in [-0.39, 0.29) is 17.9 Å². The van der Waals surface area contributed by atoms with Gasteiger partial charge in [-0.1, -0.05) is 66.7 Å². The maximum Gasteiger partial charge on any atom is 0.255 e. The third kappa shape index (κ3) is 1.94. The SMILES string of the molecule is O=C1c2ccccc2[C@@H]2c3[nH]c4ccccc4c3[C@H](c3ccccc3)CN12. The fourth-order valence-corrected chi connectivity index (χ4v) is 4.89. The van der Waals surface area contributed by atoms with Crippen molar-refractivity contribution in [2.24, 2.45) is 0 Å². The van der Waals surface area contributed by atoms with Crippen molar-refractivity contribution in [3.8, 4) is 0 Å². The zero-order valence-electron chi connectivity index (χ0n) is 14.7. The van der Waals surface area contributed by atoms with Gasteiger partial charge >= 0.3 is 0 Å². The molecule has 3 nitrogen and oxygen atoms in total. The molecule has 6 rings (SSSR count). The van der Waals surface area contributed by atoms with E-state index in [9.17, 15) is 4.79 Å². The van der Waals surface area contributed by atoms with E-state index in [0.29, 0.717) is 6.54 Å². The van der Waals surface area contributed by atoms with E-state index in [0.717, 1.165) is 22.3 Å². The molecule has 3 heteroatoms. The van der Waals surface area contributed by atoms with Gasteiger partial charge in [0.1, 0.15) is 0 Å². The van der Waals surface area contributed by atoms with Crippen molar-refractivity contribution in [3.05, 3.63) is 107 Å². The lowest BCUT2D eigenvalue weighted by Crippen LogP contribution is -2.37. The molecule has 3 heterocycles. The third-order valence-corrected chi connectivity index (χ3v) is 6.04. The molecule has 2 atom stereocenters. The summed E-state index contributed by atoms with van der Waals surface area (Å²) in [7, 11) is 0. The largest absolute Gasteiger partial charge is 0.356 e. The summed E-state index contributed by atoms with van der Waals surface area (Å²) in [6.07, 6.45) is 0. The average Bonchev–Trinajstić information content (AvgIpc) is 3.25. The number of hydrogen-bond donors (Lipinski definition) is 1. The van der Waals surface area contributed by atoms with Crippen LogP contribution in [0, 0.1) is 0 Å². The Hall–Kier alpha value is -3.33. The van der Waals surface area contributed by atoms with Gasteiger partial charge in [-0.15, -0.1) is 0 Å². The van der Waals surface area contributed by atoms with Crippen LogP contribution in [0.5, 0.6) is 0 Å². The number of nitrogens with one attached hydrogen (secondary N) is 1. The number of aromatic amines is 1. The van der Waals surface area contributed by atoms with E-state index in [4.69, 9.17) is 0 Å².